The Labute approximate surface area is 150 Å². The molecule has 0 fully saturated rings. The summed E-state index contributed by atoms with van der Waals surface area (Å²) in [6.45, 7) is 0. The van der Waals surface area contributed by atoms with Crippen LogP contribution < -0.4 is 5.32 Å². The first-order valence-electron chi connectivity index (χ1n) is 8.49. The SMILES string of the molecule is COC(=O)C(=O)C1=C2C=CC=CC2N2C=CC3=C4C=CC=CC4NC3=C12. The van der Waals surface area contributed by atoms with Crippen LogP contribution in [0.2, 0.25) is 0 Å². The molecule has 2 unspecified atom stereocenters. The van der Waals surface area contributed by atoms with Crippen molar-refractivity contribution in [3.05, 3.63) is 94.6 Å². The third-order valence-electron chi connectivity index (χ3n) is 5.22. The first kappa shape index (κ1) is 15.0. The fourth-order valence-corrected chi connectivity index (χ4v) is 4.10. The van der Waals surface area contributed by atoms with Gasteiger partial charge in [0.25, 0.3) is 5.78 Å². The lowest BCUT2D eigenvalue weighted by molar-refractivity contribution is -0.149. The second-order valence-electron chi connectivity index (χ2n) is 6.52. The lowest BCUT2D eigenvalue weighted by Crippen LogP contribution is -2.31. The lowest BCUT2D eigenvalue weighted by Gasteiger charge is -2.29. The van der Waals surface area contributed by atoms with Crippen LogP contribution in [0.5, 0.6) is 0 Å². The third kappa shape index (κ3) is 1.85. The summed E-state index contributed by atoms with van der Waals surface area (Å²) in [6.07, 6.45) is 20.0. The summed E-state index contributed by atoms with van der Waals surface area (Å²) in [5, 5.41) is 3.51. The van der Waals surface area contributed by atoms with E-state index in [9.17, 15) is 9.59 Å². The van der Waals surface area contributed by atoms with Crippen LogP contribution in [0.3, 0.4) is 0 Å². The molecule has 2 atom stereocenters. The summed E-state index contributed by atoms with van der Waals surface area (Å²) in [5.74, 6) is -1.46. The number of hydrogen-bond acceptors (Lipinski definition) is 5. The summed E-state index contributed by atoms with van der Waals surface area (Å²) < 4.78 is 4.71. The Morgan fingerprint density at radius 1 is 1.04 bits per heavy atom. The highest BCUT2D eigenvalue weighted by molar-refractivity contribution is 6.42. The quantitative estimate of drug-likeness (QED) is 0.613. The molecule has 5 heteroatoms. The largest absolute Gasteiger partial charge is 0.463 e. The van der Waals surface area contributed by atoms with Crippen molar-refractivity contribution in [1.29, 1.82) is 0 Å². The van der Waals surface area contributed by atoms with Gasteiger partial charge in [-0.2, -0.15) is 0 Å². The Kier molecular flexibility index (Phi) is 3.06. The first-order chi connectivity index (χ1) is 12.7. The second-order valence-corrected chi connectivity index (χ2v) is 6.52. The molecule has 0 saturated carbocycles. The predicted molar refractivity (Wildman–Crippen MR) is 96.4 cm³/mol. The molecule has 5 rings (SSSR count). The molecule has 0 aromatic carbocycles. The van der Waals surface area contributed by atoms with Gasteiger partial charge in [-0.15, -0.1) is 0 Å². The van der Waals surface area contributed by atoms with E-state index >= 15 is 0 Å². The van der Waals surface area contributed by atoms with Crippen molar-refractivity contribution >= 4 is 11.8 Å². The summed E-state index contributed by atoms with van der Waals surface area (Å²) in [7, 11) is 1.23. The van der Waals surface area contributed by atoms with Crippen molar-refractivity contribution in [1.82, 2.24) is 10.2 Å². The third-order valence-corrected chi connectivity index (χ3v) is 5.22. The van der Waals surface area contributed by atoms with E-state index in [4.69, 9.17) is 4.74 Å². The number of nitrogens with zero attached hydrogens (tertiary/aromatic N) is 1. The van der Waals surface area contributed by atoms with Gasteiger partial charge in [0.1, 0.15) is 0 Å². The molecule has 1 N–H and O–H groups in total. The Hall–Kier alpha value is -3.34. The highest BCUT2D eigenvalue weighted by Gasteiger charge is 2.44. The molecule has 0 spiro atoms. The number of nitrogens with one attached hydrogen (secondary N) is 1. The predicted octanol–water partition coefficient (Wildman–Crippen LogP) is 1.97. The van der Waals surface area contributed by atoms with Crippen molar-refractivity contribution in [3.63, 3.8) is 0 Å². The average Bonchev–Trinajstić information content (AvgIpc) is 3.22. The normalized spacial score (nSPS) is 26.7. The number of ketones is 1. The van der Waals surface area contributed by atoms with Crippen LogP contribution >= 0.6 is 0 Å². The molecule has 0 radical (unpaired) electrons. The van der Waals surface area contributed by atoms with Gasteiger partial charge in [-0.25, -0.2) is 4.79 Å². The molecule has 0 saturated heterocycles. The van der Waals surface area contributed by atoms with Crippen molar-refractivity contribution < 1.29 is 14.3 Å². The topological polar surface area (TPSA) is 58.6 Å². The number of ether oxygens (including phenoxy) is 1. The average molecular weight is 344 g/mol. The van der Waals surface area contributed by atoms with Crippen LogP contribution in [0.4, 0.5) is 0 Å². The standard InChI is InChI=1S/C21H16N2O3/c1-26-21(25)20(24)17-14-7-3-5-9-16(14)23-11-10-13-12-6-2-4-8-15(12)22-18(13)19(17)23/h2-11,15-16,22H,1H3. The second kappa shape index (κ2) is 5.33. The van der Waals surface area contributed by atoms with Gasteiger partial charge in [0.2, 0.25) is 0 Å². The van der Waals surface area contributed by atoms with Crippen molar-refractivity contribution in [2.24, 2.45) is 0 Å². The van der Waals surface area contributed by atoms with Crippen molar-refractivity contribution in [3.8, 4) is 0 Å². The van der Waals surface area contributed by atoms with E-state index in [1.165, 1.54) is 12.7 Å². The summed E-state index contributed by atoms with van der Waals surface area (Å²) in [5.41, 5.74) is 5.10. The van der Waals surface area contributed by atoms with Gasteiger partial charge in [0.05, 0.1) is 36.2 Å². The van der Waals surface area contributed by atoms with Crippen LogP contribution in [0.25, 0.3) is 0 Å². The molecule has 5 nitrogen and oxygen atoms in total. The molecule has 0 bridgehead atoms. The highest BCUT2D eigenvalue weighted by atomic mass is 16.5. The minimum atomic E-state index is -0.844. The van der Waals surface area contributed by atoms with Crippen LogP contribution in [-0.4, -0.2) is 35.8 Å². The number of hydrogen-bond donors (Lipinski definition) is 1. The van der Waals surface area contributed by atoms with Gasteiger partial charge in [0, 0.05) is 11.8 Å². The van der Waals surface area contributed by atoms with Gasteiger partial charge < -0.3 is 15.0 Å². The molecule has 0 amide bonds. The first-order valence-corrected chi connectivity index (χ1v) is 8.49. The smallest absolute Gasteiger partial charge is 0.379 e. The van der Waals surface area contributed by atoms with Gasteiger partial charge in [-0.05, 0) is 17.2 Å². The lowest BCUT2D eigenvalue weighted by atomic mass is 9.95. The van der Waals surface area contributed by atoms with Crippen LogP contribution in [0.15, 0.2) is 94.6 Å². The number of carbonyl (C=O) groups is 2. The van der Waals surface area contributed by atoms with Crippen LogP contribution in [0.1, 0.15) is 0 Å². The zero-order valence-electron chi connectivity index (χ0n) is 14.1. The highest BCUT2D eigenvalue weighted by Crippen LogP contribution is 2.45. The minimum Gasteiger partial charge on any atom is -0.463 e. The van der Waals surface area contributed by atoms with Gasteiger partial charge in [-0.1, -0.05) is 48.6 Å². The molecular weight excluding hydrogens is 328 g/mol. The van der Waals surface area contributed by atoms with Crippen molar-refractivity contribution in [2.45, 2.75) is 12.1 Å². The van der Waals surface area contributed by atoms with Gasteiger partial charge in [0.15, 0.2) is 0 Å². The Bertz CT molecular complexity index is 998. The number of esters is 1. The molecule has 0 aromatic heterocycles. The fraction of sp³-hybridized carbons (Fsp3) is 0.143. The van der Waals surface area contributed by atoms with E-state index in [-0.39, 0.29) is 12.1 Å². The van der Waals surface area contributed by atoms with Crippen LogP contribution in [0, 0.1) is 0 Å². The summed E-state index contributed by atoms with van der Waals surface area (Å²) >= 11 is 0. The van der Waals surface area contributed by atoms with Gasteiger partial charge in [-0.3, -0.25) is 4.79 Å². The number of Topliss-reactive ketones (excluding diaryl/α,β-unsaturated/α-hetero) is 1. The number of allylic oxidation sites excluding steroid dienone is 6. The number of rotatable bonds is 2. The van der Waals surface area contributed by atoms with E-state index in [1.807, 2.05) is 47.6 Å². The van der Waals surface area contributed by atoms with E-state index in [0.717, 1.165) is 22.5 Å². The monoisotopic (exact) mass is 344 g/mol. The molecule has 5 aliphatic rings. The number of carbonyl (C=O) groups excluding carboxylic acids is 2. The molecule has 2 aliphatic carbocycles. The Balaban J connectivity index is 1.74. The summed E-state index contributed by atoms with van der Waals surface area (Å²) in [4.78, 5) is 26.9. The van der Waals surface area contributed by atoms with Crippen LogP contribution in [-0.2, 0) is 14.3 Å². The van der Waals surface area contributed by atoms with E-state index in [0.29, 0.717) is 5.57 Å². The minimum absolute atomic E-state index is 0.0790. The van der Waals surface area contributed by atoms with E-state index in [1.54, 1.807) is 0 Å². The number of methoxy groups -OCH3 is 1. The maximum absolute atomic E-state index is 12.8. The molecule has 3 aliphatic heterocycles. The molecule has 26 heavy (non-hydrogen) atoms. The zero-order valence-corrected chi connectivity index (χ0v) is 14.1. The molecule has 3 heterocycles. The maximum Gasteiger partial charge on any atom is 0.379 e. The van der Waals surface area contributed by atoms with E-state index in [2.05, 4.69) is 23.5 Å². The zero-order chi connectivity index (χ0) is 17.8. The van der Waals surface area contributed by atoms with Crippen molar-refractivity contribution in [2.75, 3.05) is 7.11 Å². The fourth-order valence-electron chi connectivity index (χ4n) is 4.10. The Morgan fingerprint density at radius 2 is 1.81 bits per heavy atom. The molecule has 0 aromatic rings. The molecular formula is C21H16N2O3. The summed E-state index contributed by atoms with van der Waals surface area (Å²) in [6, 6.07) is -0.0142. The molecule has 128 valence electrons. The van der Waals surface area contributed by atoms with E-state index < -0.39 is 11.8 Å². The number of fused-ring (bicyclic) bond motifs is 5. The Morgan fingerprint density at radius 3 is 2.62 bits per heavy atom. The maximum atomic E-state index is 12.8. The van der Waals surface area contributed by atoms with Gasteiger partial charge >= 0.3 is 5.97 Å².